The van der Waals surface area contributed by atoms with Crippen LogP contribution in [0, 0.1) is 6.92 Å². The van der Waals surface area contributed by atoms with Crippen molar-refractivity contribution in [2.75, 3.05) is 6.54 Å². The van der Waals surface area contributed by atoms with E-state index in [1.165, 1.54) is 11.1 Å². The molecule has 0 radical (unpaired) electrons. The fourth-order valence-electron chi connectivity index (χ4n) is 2.51. The summed E-state index contributed by atoms with van der Waals surface area (Å²) in [6, 6.07) is 8.53. The summed E-state index contributed by atoms with van der Waals surface area (Å²) in [6.07, 6.45) is 1.91. The molecule has 0 aliphatic carbocycles. The first kappa shape index (κ1) is 16.1. The Hall–Kier alpha value is -1.32. The molecule has 0 atom stereocenters. The van der Waals surface area contributed by atoms with E-state index in [1.807, 2.05) is 4.68 Å². The van der Waals surface area contributed by atoms with Crippen molar-refractivity contribution in [2.24, 2.45) is 0 Å². The average molecular weight is 306 g/mol. The molecule has 0 spiro atoms. The first-order chi connectivity index (χ1) is 10.2. The highest BCUT2D eigenvalue weighted by Gasteiger charge is 2.13. The van der Waals surface area contributed by atoms with Gasteiger partial charge in [-0.05, 0) is 44.4 Å². The third kappa shape index (κ3) is 3.86. The van der Waals surface area contributed by atoms with Crippen LogP contribution in [-0.4, -0.2) is 16.3 Å². The van der Waals surface area contributed by atoms with E-state index in [2.05, 4.69) is 55.5 Å². The van der Waals surface area contributed by atoms with Crippen LogP contribution < -0.4 is 5.32 Å². The summed E-state index contributed by atoms with van der Waals surface area (Å²) < 4.78 is 2.00. The minimum absolute atomic E-state index is 0.769. The predicted octanol–water partition coefficient (Wildman–Crippen LogP) is 3.76. The molecule has 1 heterocycles. The number of nitrogens with zero attached hydrogens (tertiary/aromatic N) is 2. The van der Waals surface area contributed by atoms with Gasteiger partial charge in [-0.15, -0.1) is 0 Å². The van der Waals surface area contributed by atoms with Crippen LogP contribution >= 0.6 is 11.6 Å². The van der Waals surface area contributed by atoms with Crippen LogP contribution in [0.3, 0.4) is 0 Å². The lowest BCUT2D eigenvalue weighted by Gasteiger charge is -2.09. The van der Waals surface area contributed by atoms with Crippen molar-refractivity contribution in [1.29, 1.82) is 0 Å². The molecule has 4 heteroatoms. The van der Waals surface area contributed by atoms with Crippen LogP contribution in [0.25, 0.3) is 0 Å². The van der Waals surface area contributed by atoms with Gasteiger partial charge in [0.1, 0.15) is 0 Å². The quantitative estimate of drug-likeness (QED) is 0.789. The van der Waals surface area contributed by atoms with Gasteiger partial charge in [0.15, 0.2) is 0 Å². The highest BCUT2D eigenvalue weighted by atomic mass is 35.5. The first-order valence-corrected chi connectivity index (χ1v) is 8.04. The second-order valence-electron chi connectivity index (χ2n) is 5.23. The zero-order chi connectivity index (χ0) is 15.2. The predicted molar refractivity (Wildman–Crippen MR) is 88.9 cm³/mol. The van der Waals surface area contributed by atoms with E-state index in [-0.39, 0.29) is 0 Å². The lowest BCUT2D eigenvalue weighted by molar-refractivity contribution is 0.578. The Kier molecular flexibility index (Phi) is 5.83. The van der Waals surface area contributed by atoms with Crippen molar-refractivity contribution in [3.63, 3.8) is 0 Å². The lowest BCUT2D eigenvalue weighted by atomic mass is 10.1. The van der Waals surface area contributed by atoms with E-state index in [4.69, 9.17) is 11.6 Å². The number of hydrogen-bond acceptors (Lipinski definition) is 2. The van der Waals surface area contributed by atoms with Crippen molar-refractivity contribution in [1.82, 2.24) is 15.1 Å². The minimum atomic E-state index is 0.769. The van der Waals surface area contributed by atoms with Crippen LogP contribution in [0.5, 0.6) is 0 Å². The van der Waals surface area contributed by atoms with E-state index >= 15 is 0 Å². The summed E-state index contributed by atoms with van der Waals surface area (Å²) in [5, 5.41) is 8.85. The van der Waals surface area contributed by atoms with Gasteiger partial charge in [-0.1, -0.05) is 42.8 Å². The molecule has 0 aliphatic heterocycles. The van der Waals surface area contributed by atoms with E-state index in [0.29, 0.717) is 0 Å². The molecule has 2 aromatic rings. The molecule has 1 aromatic carbocycles. The van der Waals surface area contributed by atoms with Gasteiger partial charge in [0, 0.05) is 13.1 Å². The summed E-state index contributed by atoms with van der Waals surface area (Å²) in [4.78, 5) is 0. The molecule has 1 aromatic heterocycles. The van der Waals surface area contributed by atoms with E-state index in [1.54, 1.807) is 0 Å². The molecule has 3 nitrogen and oxygen atoms in total. The van der Waals surface area contributed by atoms with Gasteiger partial charge >= 0.3 is 0 Å². The summed E-state index contributed by atoms with van der Waals surface area (Å²) in [5.74, 6) is 0. The fraction of sp³-hybridized carbons (Fsp3) is 0.471. The van der Waals surface area contributed by atoms with E-state index in [9.17, 15) is 0 Å². The topological polar surface area (TPSA) is 29.9 Å². The maximum atomic E-state index is 6.41. The third-order valence-corrected chi connectivity index (χ3v) is 4.26. The van der Waals surface area contributed by atoms with Crippen LogP contribution in [-0.2, 0) is 25.9 Å². The highest BCUT2D eigenvalue weighted by Crippen LogP contribution is 2.21. The Balaban J connectivity index is 1.92. The number of nitrogens with one attached hydrogen (secondary N) is 1. The number of rotatable bonds is 7. The monoisotopic (exact) mass is 305 g/mol. The van der Waals surface area contributed by atoms with Crippen molar-refractivity contribution in [2.45, 2.75) is 46.7 Å². The second kappa shape index (κ2) is 7.62. The molecular weight excluding hydrogens is 282 g/mol. The molecule has 0 amide bonds. The molecule has 2 rings (SSSR count). The Morgan fingerprint density at radius 3 is 2.67 bits per heavy atom. The summed E-state index contributed by atoms with van der Waals surface area (Å²) >= 11 is 6.41. The molecule has 0 unspecified atom stereocenters. The number of benzene rings is 1. The second-order valence-corrected chi connectivity index (χ2v) is 5.61. The van der Waals surface area contributed by atoms with E-state index in [0.717, 1.165) is 48.9 Å². The molecule has 0 saturated heterocycles. The third-order valence-electron chi connectivity index (χ3n) is 3.82. The van der Waals surface area contributed by atoms with Gasteiger partial charge in [0.2, 0.25) is 0 Å². The van der Waals surface area contributed by atoms with E-state index < -0.39 is 0 Å². The lowest BCUT2D eigenvalue weighted by Crippen LogP contribution is -2.19. The zero-order valence-electron chi connectivity index (χ0n) is 13.1. The molecule has 0 aliphatic rings. The maximum Gasteiger partial charge on any atom is 0.0863 e. The zero-order valence-corrected chi connectivity index (χ0v) is 13.9. The Labute approximate surface area is 132 Å². The van der Waals surface area contributed by atoms with Gasteiger partial charge in [-0.3, -0.25) is 4.68 Å². The minimum Gasteiger partial charge on any atom is -0.311 e. The molecular formula is C17H24ClN3. The normalized spacial score (nSPS) is 11.0. The molecule has 0 saturated carbocycles. The van der Waals surface area contributed by atoms with Crippen LogP contribution in [0.2, 0.25) is 5.02 Å². The van der Waals surface area contributed by atoms with Crippen LogP contribution in [0.1, 0.15) is 36.4 Å². The molecule has 114 valence electrons. The van der Waals surface area contributed by atoms with Crippen molar-refractivity contribution in [3.05, 3.63) is 51.8 Å². The smallest absolute Gasteiger partial charge is 0.0863 e. The fourth-order valence-corrected chi connectivity index (χ4v) is 2.84. The van der Waals surface area contributed by atoms with Gasteiger partial charge in [-0.25, -0.2) is 0 Å². The van der Waals surface area contributed by atoms with Crippen molar-refractivity contribution >= 4 is 11.6 Å². The Morgan fingerprint density at radius 1 is 1.24 bits per heavy atom. The molecule has 0 bridgehead atoms. The van der Waals surface area contributed by atoms with Crippen molar-refractivity contribution in [3.8, 4) is 0 Å². The maximum absolute atomic E-state index is 6.41. The van der Waals surface area contributed by atoms with Crippen LogP contribution in [0.15, 0.2) is 24.3 Å². The largest absolute Gasteiger partial charge is 0.311 e. The standard InChI is InChI=1S/C17H24ClN3/c1-4-15-17(18)16(21(5-2)20-15)12-19-11-10-14-9-7-6-8-13(14)3/h6-9,19H,4-5,10-12H2,1-3H3. The number of halogens is 1. The average Bonchev–Trinajstić information content (AvgIpc) is 2.81. The number of aromatic nitrogens is 2. The molecule has 21 heavy (non-hydrogen) atoms. The Morgan fingerprint density at radius 2 is 2.00 bits per heavy atom. The number of hydrogen-bond donors (Lipinski definition) is 1. The summed E-state index contributed by atoms with van der Waals surface area (Å²) in [5.41, 5.74) is 4.84. The SMILES string of the molecule is CCc1nn(CC)c(CNCCc2ccccc2C)c1Cl. The van der Waals surface area contributed by atoms with Gasteiger partial charge in [0.05, 0.1) is 16.4 Å². The highest BCUT2D eigenvalue weighted by molar-refractivity contribution is 6.31. The van der Waals surface area contributed by atoms with Crippen LogP contribution in [0.4, 0.5) is 0 Å². The first-order valence-electron chi connectivity index (χ1n) is 7.66. The van der Waals surface area contributed by atoms with Gasteiger partial charge in [-0.2, -0.15) is 5.10 Å². The van der Waals surface area contributed by atoms with Gasteiger partial charge in [0.25, 0.3) is 0 Å². The molecule has 0 fully saturated rings. The van der Waals surface area contributed by atoms with Crippen molar-refractivity contribution < 1.29 is 0 Å². The number of aryl methyl sites for hydroxylation is 3. The molecule has 1 N–H and O–H groups in total. The summed E-state index contributed by atoms with van der Waals surface area (Å²) in [7, 11) is 0. The Bertz CT molecular complexity index is 590. The summed E-state index contributed by atoms with van der Waals surface area (Å²) in [6.45, 7) is 8.91. The van der Waals surface area contributed by atoms with Gasteiger partial charge < -0.3 is 5.32 Å².